The second-order valence-corrected chi connectivity index (χ2v) is 6.64. The Hall–Kier alpha value is -3.05. The van der Waals surface area contributed by atoms with Gasteiger partial charge in [0.15, 0.2) is 0 Å². The van der Waals surface area contributed by atoms with Crippen molar-refractivity contribution in [2.75, 3.05) is 11.9 Å². The highest BCUT2D eigenvalue weighted by Crippen LogP contribution is 2.27. The molecule has 2 N–H and O–H groups in total. The van der Waals surface area contributed by atoms with E-state index in [0.717, 1.165) is 24.0 Å². The van der Waals surface area contributed by atoms with Crippen LogP contribution in [0, 0.1) is 6.92 Å². The maximum atomic E-state index is 12.7. The number of hydrogen-bond donors (Lipinski definition) is 2. The fourth-order valence-electron chi connectivity index (χ4n) is 2.78. The molecule has 1 aromatic heterocycles. The van der Waals surface area contributed by atoms with Crippen molar-refractivity contribution in [3.63, 3.8) is 0 Å². The number of hydrogen-bond acceptors (Lipinski definition) is 4. The first-order chi connectivity index (χ1) is 13.6. The summed E-state index contributed by atoms with van der Waals surface area (Å²) in [6.45, 7) is 4.54. The van der Waals surface area contributed by atoms with Crippen LogP contribution in [0.4, 0.5) is 5.69 Å². The molecule has 0 aliphatic heterocycles. The number of unbranched alkanes of at least 4 members (excludes halogenated alkanes) is 1. The molecule has 1 amide bonds. The average Bonchev–Trinajstić information content (AvgIpc) is 3.19. The van der Waals surface area contributed by atoms with E-state index in [4.69, 9.17) is 9.15 Å². The molecule has 28 heavy (non-hydrogen) atoms. The molecule has 3 rings (SSSR count). The van der Waals surface area contributed by atoms with Crippen LogP contribution in [0.1, 0.15) is 41.4 Å². The lowest BCUT2D eigenvalue weighted by molar-refractivity contribution is 0.102. The zero-order chi connectivity index (χ0) is 19.9. The number of furan rings is 1. The number of benzene rings is 2. The highest BCUT2D eigenvalue weighted by Gasteiger charge is 2.11. The maximum absolute atomic E-state index is 12.7. The minimum atomic E-state index is -0.198. The van der Waals surface area contributed by atoms with Crippen LogP contribution >= 0.6 is 0 Å². The SMILES string of the molecule is CCCCOc1cccc(C(=O)Nc2cc(-c3ccc(CO)o3)ccc2C)c1. The van der Waals surface area contributed by atoms with E-state index in [-0.39, 0.29) is 12.5 Å². The first-order valence-corrected chi connectivity index (χ1v) is 9.45. The molecule has 5 nitrogen and oxygen atoms in total. The van der Waals surface area contributed by atoms with Crippen molar-refractivity contribution in [3.8, 4) is 17.1 Å². The van der Waals surface area contributed by atoms with Crippen LogP contribution in [-0.4, -0.2) is 17.6 Å². The van der Waals surface area contributed by atoms with Crippen LogP contribution in [0.3, 0.4) is 0 Å². The molecule has 0 radical (unpaired) electrons. The summed E-state index contributed by atoms with van der Waals surface area (Å²) in [6, 6.07) is 16.5. The Morgan fingerprint density at radius 2 is 2.00 bits per heavy atom. The van der Waals surface area contributed by atoms with E-state index in [2.05, 4.69) is 12.2 Å². The Kier molecular flexibility index (Phi) is 6.50. The predicted octanol–water partition coefficient (Wildman–Crippen LogP) is 5.18. The molecule has 0 spiro atoms. The number of anilines is 1. The average molecular weight is 379 g/mol. The summed E-state index contributed by atoms with van der Waals surface area (Å²) < 4.78 is 11.3. The monoisotopic (exact) mass is 379 g/mol. The zero-order valence-electron chi connectivity index (χ0n) is 16.2. The maximum Gasteiger partial charge on any atom is 0.255 e. The van der Waals surface area contributed by atoms with Crippen LogP contribution in [0.2, 0.25) is 0 Å². The van der Waals surface area contributed by atoms with E-state index in [9.17, 15) is 9.90 Å². The fourth-order valence-corrected chi connectivity index (χ4v) is 2.78. The van der Waals surface area contributed by atoms with E-state index >= 15 is 0 Å². The topological polar surface area (TPSA) is 71.7 Å². The molecule has 0 atom stereocenters. The van der Waals surface area contributed by atoms with Crippen LogP contribution in [0.5, 0.6) is 5.75 Å². The number of ether oxygens (including phenoxy) is 1. The number of rotatable bonds is 8. The van der Waals surface area contributed by atoms with Crippen molar-refractivity contribution in [3.05, 3.63) is 71.5 Å². The van der Waals surface area contributed by atoms with Gasteiger partial charge in [0.05, 0.1) is 6.61 Å². The highest BCUT2D eigenvalue weighted by molar-refractivity contribution is 6.05. The number of nitrogens with one attached hydrogen (secondary N) is 1. The lowest BCUT2D eigenvalue weighted by Crippen LogP contribution is -2.13. The van der Waals surface area contributed by atoms with Gasteiger partial charge in [0.1, 0.15) is 23.9 Å². The second-order valence-electron chi connectivity index (χ2n) is 6.64. The molecule has 0 unspecified atom stereocenters. The van der Waals surface area contributed by atoms with Gasteiger partial charge in [0.2, 0.25) is 0 Å². The lowest BCUT2D eigenvalue weighted by atomic mass is 10.1. The fraction of sp³-hybridized carbons (Fsp3) is 0.261. The number of amides is 1. The lowest BCUT2D eigenvalue weighted by Gasteiger charge is -2.11. The summed E-state index contributed by atoms with van der Waals surface area (Å²) in [5.74, 6) is 1.64. The van der Waals surface area contributed by atoms with E-state index in [0.29, 0.717) is 35.1 Å². The summed E-state index contributed by atoms with van der Waals surface area (Å²) in [5.41, 5.74) is 3.03. The van der Waals surface area contributed by atoms with Crippen LogP contribution in [0.25, 0.3) is 11.3 Å². The Morgan fingerprint density at radius 1 is 1.14 bits per heavy atom. The Bertz CT molecular complexity index is 945. The van der Waals surface area contributed by atoms with Crippen LogP contribution in [-0.2, 0) is 6.61 Å². The van der Waals surface area contributed by atoms with Gasteiger partial charge in [-0.15, -0.1) is 0 Å². The van der Waals surface area contributed by atoms with Crippen molar-refractivity contribution < 1.29 is 19.1 Å². The number of carbonyl (C=O) groups excluding carboxylic acids is 1. The Balaban J connectivity index is 1.76. The summed E-state index contributed by atoms with van der Waals surface area (Å²) >= 11 is 0. The van der Waals surface area contributed by atoms with Gasteiger partial charge in [0, 0.05) is 16.8 Å². The van der Waals surface area contributed by atoms with Crippen molar-refractivity contribution in [1.82, 2.24) is 0 Å². The van der Waals surface area contributed by atoms with Crippen molar-refractivity contribution in [2.24, 2.45) is 0 Å². The van der Waals surface area contributed by atoms with E-state index in [1.807, 2.05) is 37.3 Å². The van der Waals surface area contributed by atoms with E-state index in [1.54, 1.807) is 24.3 Å². The van der Waals surface area contributed by atoms with Crippen LogP contribution in [0.15, 0.2) is 59.0 Å². The highest BCUT2D eigenvalue weighted by atomic mass is 16.5. The molecule has 146 valence electrons. The van der Waals surface area contributed by atoms with Crippen molar-refractivity contribution >= 4 is 11.6 Å². The standard InChI is InChI=1S/C23H25NO4/c1-3-4-12-27-19-7-5-6-18(13-19)23(26)24-21-14-17(9-8-16(21)2)22-11-10-20(15-25)28-22/h5-11,13-14,25H,3-4,12,15H2,1-2H3,(H,24,26). The van der Waals surface area contributed by atoms with E-state index in [1.165, 1.54) is 0 Å². The third-order valence-corrected chi connectivity index (χ3v) is 4.45. The number of carbonyl (C=O) groups is 1. The van der Waals surface area contributed by atoms with Gasteiger partial charge in [0.25, 0.3) is 5.91 Å². The second kappa shape index (κ2) is 9.24. The molecule has 0 saturated heterocycles. The van der Waals surface area contributed by atoms with Gasteiger partial charge in [-0.2, -0.15) is 0 Å². The van der Waals surface area contributed by atoms with Gasteiger partial charge >= 0.3 is 0 Å². The molecular formula is C23H25NO4. The molecule has 0 aliphatic carbocycles. The van der Waals surface area contributed by atoms with E-state index < -0.39 is 0 Å². The molecule has 0 saturated carbocycles. The molecule has 0 fully saturated rings. The summed E-state index contributed by atoms with van der Waals surface area (Å²) in [6.07, 6.45) is 2.04. The quantitative estimate of drug-likeness (QED) is 0.529. The number of aliphatic hydroxyl groups is 1. The van der Waals surface area contributed by atoms with Gasteiger partial charge in [-0.3, -0.25) is 4.79 Å². The first-order valence-electron chi connectivity index (χ1n) is 9.45. The Morgan fingerprint density at radius 3 is 2.75 bits per heavy atom. The number of aryl methyl sites for hydroxylation is 1. The summed E-state index contributed by atoms with van der Waals surface area (Å²) in [4.78, 5) is 12.7. The molecule has 0 bridgehead atoms. The normalized spacial score (nSPS) is 10.7. The largest absolute Gasteiger partial charge is 0.494 e. The van der Waals surface area contributed by atoms with Gasteiger partial charge in [-0.1, -0.05) is 31.5 Å². The van der Waals surface area contributed by atoms with Crippen molar-refractivity contribution in [2.45, 2.75) is 33.3 Å². The van der Waals surface area contributed by atoms with Crippen LogP contribution < -0.4 is 10.1 Å². The van der Waals surface area contributed by atoms with Crippen molar-refractivity contribution in [1.29, 1.82) is 0 Å². The van der Waals surface area contributed by atoms with Gasteiger partial charge in [-0.05, 0) is 55.3 Å². The van der Waals surface area contributed by atoms with Gasteiger partial charge < -0.3 is 19.6 Å². The molecule has 0 aliphatic rings. The minimum absolute atomic E-state index is 0.147. The summed E-state index contributed by atoms with van der Waals surface area (Å²) in [7, 11) is 0. The molecular weight excluding hydrogens is 354 g/mol. The van der Waals surface area contributed by atoms with Gasteiger partial charge in [-0.25, -0.2) is 0 Å². The Labute approximate surface area is 165 Å². The first kappa shape index (κ1) is 19.7. The third-order valence-electron chi connectivity index (χ3n) is 4.45. The summed E-state index contributed by atoms with van der Waals surface area (Å²) in [5, 5.41) is 12.1. The minimum Gasteiger partial charge on any atom is -0.494 e. The third kappa shape index (κ3) is 4.81. The molecule has 2 aromatic carbocycles. The predicted molar refractivity (Wildman–Crippen MR) is 110 cm³/mol. The molecule has 3 aromatic rings. The molecule has 1 heterocycles. The zero-order valence-corrected chi connectivity index (χ0v) is 16.2. The smallest absolute Gasteiger partial charge is 0.255 e. The number of aliphatic hydroxyl groups excluding tert-OH is 1. The molecule has 5 heteroatoms.